The summed E-state index contributed by atoms with van der Waals surface area (Å²) in [5.74, 6) is -3.48. The van der Waals surface area contributed by atoms with Crippen molar-refractivity contribution in [3.05, 3.63) is 18.6 Å². The average Bonchev–Trinajstić information content (AvgIpc) is 3.03. The minimum Gasteiger partial charge on any atom is -0.352 e. The largest absolute Gasteiger partial charge is 0.352 e. The van der Waals surface area contributed by atoms with Gasteiger partial charge in [0.2, 0.25) is 5.91 Å². The molecule has 1 aliphatic carbocycles. The van der Waals surface area contributed by atoms with Crippen LogP contribution in [0, 0.1) is 5.92 Å². The molecule has 0 bridgehead atoms. The molecule has 1 saturated heterocycles. The zero-order valence-corrected chi connectivity index (χ0v) is 12.7. The Hall–Kier alpha value is -2.25. The van der Waals surface area contributed by atoms with E-state index < -0.39 is 17.7 Å². The number of carbonyl (C=O) groups is 1. The Morgan fingerprint density at radius 1 is 1.26 bits per heavy atom. The van der Waals surface area contributed by atoms with Gasteiger partial charge in [-0.15, -0.1) is 0 Å². The zero-order chi connectivity index (χ0) is 16.2. The summed E-state index contributed by atoms with van der Waals surface area (Å²) in [6.07, 6.45) is 3.15. The molecule has 2 aromatic heterocycles. The van der Waals surface area contributed by atoms with E-state index in [0.29, 0.717) is 26.2 Å². The number of hydrogen-bond acceptors (Lipinski definition) is 4. The number of fused-ring (bicyclic) bond motifs is 1. The van der Waals surface area contributed by atoms with Crippen LogP contribution in [-0.2, 0) is 11.8 Å². The maximum absolute atomic E-state index is 13.0. The number of aromatic nitrogens is 3. The Labute approximate surface area is 131 Å². The summed E-state index contributed by atoms with van der Waals surface area (Å²) in [7, 11) is 1.92. The first-order chi connectivity index (χ1) is 11.0. The highest BCUT2D eigenvalue weighted by molar-refractivity contribution is 5.88. The number of piperazine rings is 1. The van der Waals surface area contributed by atoms with Crippen LogP contribution in [0.15, 0.2) is 18.6 Å². The molecule has 3 heterocycles. The van der Waals surface area contributed by atoms with Gasteiger partial charge in [0.1, 0.15) is 23.7 Å². The molecule has 0 aromatic carbocycles. The summed E-state index contributed by atoms with van der Waals surface area (Å²) < 4.78 is 28.0. The number of carbonyl (C=O) groups excluding carboxylic acids is 1. The molecule has 1 aliphatic heterocycles. The van der Waals surface area contributed by atoms with Crippen LogP contribution >= 0.6 is 0 Å². The fourth-order valence-corrected chi connectivity index (χ4v) is 3.16. The molecule has 0 N–H and O–H groups in total. The van der Waals surface area contributed by atoms with E-state index in [1.165, 1.54) is 6.33 Å². The smallest absolute Gasteiger partial charge is 0.260 e. The van der Waals surface area contributed by atoms with Crippen molar-refractivity contribution in [3.63, 3.8) is 0 Å². The minimum atomic E-state index is -2.79. The summed E-state index contributed by atoms with van der Waals surface area (Å²) >= 11 is 0. The third-order valence-electron chi connectivity index (χ3n) is 4.66. The van der Waals surface area contributed by atoms with Gasteiger partial charge in [0, 0.05) is 45.8 Å². The number of anilines is 1. The second-order valence-corrected chi connectivity index (χ2v) is 6.19. The van der Waals surface area contributed by atoms with Gasteiger partial charge < -0.3 is 14.4 Å². The molecule has 1 unspecified atom stereocenters. The molecule has 0 spiro atoms. The molecule has 122 valence electrons. The summed E-state index contributed by atoms with van der Waals surface area (Å²) in [5.41, 5.74) is 0.853. The van der Waals surface area contributed by atoms with Gasteiger partial charge in [-0.25, -0.2) is 18.7 Å². The van der Waals surface area contributed by atoms with Gasteiger partial charge in [0.25, 0.3) is 5.92 Å². The average molecular weight is 321 g/mol. The Kier molecular flexibility index (Phi) is 3.04. The SMILES string of the molecule is Cn1ccc2c(N3CCN(C(=O)C4CC4(F)F)CC3)ncnc21. The number of amides is 1. The molecular weight excluding hydrogens is 304 g/mol. The minimum absolute atomic E-state index is 0.303. The zero-order valence-electron chi connectivity index (χ0n) is 12.7. The fraction of sp³-hybridized carbons (Fsp3) is 0.533. The Morgan fingerprint density at radius 2 is 1.96 bits per heavy atom. The van der Waals surface area contributed by atoms with E-state index in [4.69, 9.17) is 0 Å². The van der Waals surface area contributed by atoms with Gasteiger partial charge in [0.15, 0.2) is 0 Å². The highest BCUT2D eigenvalue weighted by Gasteiger charge is 2.62. The van der Waals surface area contributed by atoms with Gasteiger partial charge in [-0.3, -0.25) is 4.79 Å². The number of halogens is 2. The van der Waals surface area contributed by atoms with E-state index in [1.54, 1.807) is 4.90 Å². The van der Waals surface area contributed by atoms with E-state index in [0.717, 1.165) is 16.9 Å². The molecule has 2 aromatic rings. The van der Waals surface area contributed by atoms with Crippen molar-refractivity contribution in [2.45, 2.75) is 12.3 Å². The lowest BCUT2D eigenvalue weighted by Gasteiger charge is -2.35. The van der Waals surface area contributed by atoms with E-state index in [-0.39, 0.29) is 6.42 Å². The first-order valence-electron chi connectivity index (χ1n) is 7.65. The topological polar surface area (TPSA) is 54.3 Å². The van der Waals surface area contributed by atoms with Gasteiger partial charge >= 0.3 is 0 Å². The van der Waals surface area contributed by atoms with Crippen molar-refractivity contribution in [1.82, 2.24) is 19.4 Å². The van der Waals surface area contributed by atoms with Gasteiger partial charge in [-0.2, -0.15) is 0 Å². The quantitative estimate of drug-likeness (QED) is 0.836. The van der Waals surface area contributed by atoms with E-state index in [1.807, 2.05) is 23.9 Å². The lowest BCUT2D eigenvalue weighted by molar-refractivity contribution is -0.135. The summed E-state index contributed by atoms with van der Waals surface area (Å²) in [5, 5.41) is 0.962. The molecule has 1 atom stereocenters. The summed E-state index contributed by atoms with van der Waals surface area (Å²) in [6, 6.07) is 1.97. The maximum Gasteiger partial charge on any atom is 0.260 e. The van der Waals surface area contributed by atoms with Crippen LogP contribution in [0.3, 0.4) is 0 Å². The van der Waals surface area contributed by atoms with E-state index in [9.17, 15) is 13.6 Å². The van der Waals surface area contributed by atoms with E-state index >= 15 is 0 Å². The molecular formula is C15H17F2N5O. The normalized spacial score (nSPS) is 23.3. The van der Waals surface area contributed by atoms with Gasteiger partial charge in [-0.05, 0) is 6.07 Å². The maximum atomic E-state index is 13.0. The molecule has 2 fully saturated rings. The predicted octanol–water partition coefficient (Wildman–Crippen LogP) is 1.27. The molecule has 23 heavy (non-hydrogen) atoms. The molecule has 2 aliphatic rings. The predicted molar refractivity (Wildman–Crippen MR) is 80.4 cm³/mol. The van der Waals surface area contributed by atoms with Crippen LogP contribution < -0.4 is 4.90 Å². The third-order valence-corrected chi connectivity index (χ3v) is 4.66. The van der Waals surface area contributed by atoms with Crippen LogP contribution in [0.2, 0.25) is 0 Å². The molecule has 1 saturated carbocycles. The third kappa shape index (κ3) is 2.32. The molecule has 4 rings (SSSR count). The highest BCUT2D eigenvalue weighted by Crippen LogP contribution is 2.49. The lowest BCUT2D eigenvalue weighted by atomic mass is 10.2. The number of aryl methyl sites for hydroxylation is 1. The number of hydrogen-bond donors (Lipinski definition) is 0. The van der Waals surface area contributed by atoms with Crippen molar-refractivity contribution in [2.75, 3.05) is 31.1 Å². The number of alkyl halides is 2. The first kappa shape index (κ1) is 14.3. The van der Waals surface area contributed by atoms with Gasteiger partial charge in [0.05, 0.1) is 5.39 Å². The van der Waals surface area contributed by atoms with Crippen LogP contribution in [0.5, 0.6) is 0 Å². The second-order valence-electron chi connectivity index (χ2n) is 6.19. The summed E-state index contributed by atoms with van der Waals surface area (Å²) in [4.78, 5) is 24.3. The molecule has 0 radical (unpaired) electrons. The van der Waals surface area contributed by atoms with Crippen LogP contribution in [0.1, 0.15) is 6.42 Å². The van der Waals surface area contributed by atoms with Crippen molar-refractivity contribution >= 4 is 22.8 Å². The Morgan fingerprint density at radius 3 is 2.61 bits per heavy atom. The molecule has 1 amide bonds. The van der Waals surface area contributed by atoms with Crippen molar-refractivity contribution in [3.8, 4) is 0 Å². The van der Waals surface area contributed by atoms with Crippen molar-refractivity contribution in [2.24, 2.45) is 13.0 Å². The monoisotopic (exact) mass is 321 g/mol. The highest BCUT2D eigenvalue weighted by atomic mass is 19.3. The second kappa shape index (κ2) is 4.87. The van der Waals surface area contributed by atoms with Crippen molar-refractivity contribution in [1.29, 1.82) is 0 Å². The fourth-order valence-electron chi connectivity index (χ4n) is 3.16. The molecule has 8 heteroatoms. The number of nitrogens with zero attached hydrogens (tertiary/aromatic N) is 5. The number of rotatable bonds is 2. The van der Waals surface area contributed by atoms with Gasteiger partial charge in [-0.1, -0.05) is 0 Å². The lowest BCUT2D eigenvalue weighted by Crippen LogP contribution is -2.50. The Balaban J connectivity index is 1.48. The van der Waals surface area contributed by atoms with Crippen LogP contribution in [-0.4, -0.2) is 57.4 Å². The summed E-state index contributed by atoms with van der Waals surface area (Å²) in [6.45, 7) is 2.07. The van der Waals surface area contributed by atoms with Crippen LogP contribution in [0.4, 0.5) is 14.6 Å². The molecule has 6 nitrogen and oxygen atoms in total. The van der Waals surface area contributed by atoms with Crippen LogP contribution in [0.25, 0.3) is 11.0 Å². The van der Waals surface area contributed by atoms with E-state index in [2.05, 4.69) is 14.9 Å². The van der Waals surface area contributed by atoms with Crippen molar-refractivity contribution < 1.29 is 13.6 Å². The first-order valence-corrected chi connectivity index (χ1v) is 7.65. The Bertz CT molecular complexity index is 766. The standard InChI is InChI=1S/C15H17F2N5O/c1-20-3-2-10-12(20)18-9-19-13(10)21-4-6-22(7-5-21)14(23)11-8-15(11,16)17/h2-3,9,11H,4-8H2,1H3.